The van der Waals surface area contributed by atoms with E-state index in [2.05, 4.69) is 17.4 Å². The number of rotatable bonds is 6. The van der Waals surface area contributed by atoms with Gasteiger partial charge in [-0.1, -0.05) is 43.2 Å². The number of hydrogen-bond donors (Lipinski definition) is 2. The van der Waals surface area contributed by atoms with Crippen molar-refractivity contribution in [2.24, 2.45) is 11.3 Å². The van der Waals surface area contributed by atoms with Crippen LogP contribution in [0.15, 0.2) is 30.3 Å². The summed E-state index contributed by atoms with van der Waals surface area (Å²) in [4.78, 5) is 23.7. The van der Waals surface area contributed by atoms with E-state index in [0.717, 1.165) is 32.1 Å². The molecule has 144 valence electrons. The number of alkyl carbamates (subject to hydrolysis) is 1. The molecule has 1 aromatic rings. The smallest absolute Gasteiger partial charge is 0.407 e. The quantitative estimate of drug-likeness (QED) is 0.787. The molecule has 1 aliphatic carbocycles. The van der Waals surface area contributed by atoms with E-state index in [1.165, 1.54) is 5.56 Å². The molecule has 0 aliphatic heterocycles. The summed E-state index contributed by atoms with van der Waals surface area (Å²) in [5.41, 5.74) is 0.211. The lowest BCUT2D eigenvalue weighted by Gasteiger charge is -2.44. The minimum Gasteiger partial charge on any atom is -0.481 e. The summed E-state index contributed by atoms with van der Waals surface area (Å²) in [5, 5.41) is 12.4. The van der Waals surface area contributed by atoms with E-state index in [9.17, 15) is 14.7 Å². The molecule has 0 saturated heterocycles. The van der Waals surface area contributed by atoms with Gasteiger partial charge >= 0.3 is 12.1 Å². The largest absolute Gasteiger partial charge is 0.481 e. The Morgan fingerprint density at radius 1 is 1.23 bits per heavy atom. The summed E-state index contributed by atoms with van der Waals surface area (Å²) in [6.45, 7) is 5.79. The van der Waals surface area contributed by atoms with Crippen molar-refractivity contribution in [1.29, 1.82) is 0 Å². The van der Waals surface area contributed by atoms with E-state index in [-0.39, 0.29) is 12.3 Å². The van der Waals surface area contributed by atoms with Crippen LogP contribution in [0.3, 0.4) is 0 Å². The van der Waals surface area contributed by atoms with Crippen LogP contribution in [0.4, 0.5) is 4.79 Å². The molecule has 1 aliphatic rings. The fourth-order valence-electron chi connectivity index (χ4n) is 3.99. The fraction of sp³-hybridized carbons (Fsp3) is 0.619. The topological polar surface area (TPSA) is 75.6 Å². The van der Waals surface area contributed by atoms with Gasteiger partial charge in [0.2, 0.25) is 0 Å². The van der Waals surface area contributed by atoms with Gasteiger partial charge in [-0.2, -0.15) is 0 Å². The Morgan fingerprint density at radius 3 is 2.54 bits per heavy atom. The summed E-state index contributed by atoms with van der Waals surface area (Å²) in [6, 6.07) is 10.2. The molecule has 2 rings (SSSR count). The molecule has 0 bridgehead atoms. The van der Waals surface area contributed by atoms with Crippen LogP contribution >= 0.6 is 0 Å². The first-order valence-corrected chi connectivity index (χ1v) is 9.43. The molecule has 5 nitrogen and oxygen atoms in total. The molecule has 5 heteroatoms. The first kappa shape index (κ1) is 20.3. The minimum atomic E-state index is -0.809. The molecule has 0 heterocycles. The Bertz CT molecular complexity index is 608. The molecule has 0 aromatic heterocycles. The predicted molar refractivity (Wildman–Crippen MR) is 101 cm³/mol. The van der Waals surface area contributed by atoms with Crippen LogP contribution in [0.2, 0.25) is 0 Å². The molecule has 0 radical (unpaired) electrons. The summed E-state index contributed by atoms with van der Waals surface area (Å²) in [7, 11) is 0. The van der Waals surface area contributed by atoms with E-state index in [4.69, 9.17) is 4.74 Å². The molecular weight excluding hydrogens is 330 g/mol. The Hall–Kier alpha value is -2.04. The van der Waals surface area contributed by atoms with Gasteiger partial charge < -0.3 is 15.2 Å². The second kappa shape index (κ2) is 8.56. The van der Waals surface area contributed by atoms with Crippen molar-refractivity contribution in [3.05, 3.63) is 35.9 Å². The Kier molecular flexibility index (Phi) is 6.68. The van der Waals surface area contributed by atoms with Gasteiger partial charge in [0.05, 0.1) is 6.42 Å². The van der Waals surface area contributed by atoms with Crippen LogP contribution < -0.4 is 5.32 Å². The van der Waals surface area contributed by atoms with Crippen LogP contribution in [0, 0.1) is 11.3 Å². The zero-order valence-electron chi connectivity index (χ0n) is 16.1. The average Bonchev–Trinajstić information content (AvgIpc) is 2.54. The third kappa shape index (κ3) is 6.04. The highest BCUT2D eigenvalue weighted by Crippen LogP contribution is 2.45. The maximum atomic E-state index is 12.1. The van der Waals surface area contributed by atoms with Crippen molar-refractivity contribution in [2.75, 3.05) is 6.54 Å². The molecular formula is C21H31NO4. The highest BCUT2D eigenvalue weighted by molar-refractivity contribution is 5.69. The maximum absolute atomic E-state index is 12.1. The lowest BCUT2D eigenvalue weighted by Crippen LogP contribution is -2.47. The third-order valence-corrected chi connectivity index (χ3v) is 5.16. The number of hydrogen-bond acceptors (Lipinski definition) is 3. The Labute approximate surface area is 156 Å². The first-order valence-electron chi connectivity index (χ1n) is 9.43. The van der Waals surface area contributed by atoms with Crippen molar-refractivity contribution < 1.29 is 19.4 Å². The summed E-state index contributed by atoms with van der Waals surface area (Å²) < 4.78 is 5.33. The molecule has 2 unspecified atom stereocenters. The molecule has 1 aromatic carbocycles. The number of ether oxygens (including phenoxy) is 1. The molecule has 2 atom stereocenters. The Morgan fingerprint density at radius 2 is 1.92 bits per heavy atom. The Balaban J connectivity index is 2.15. The normalized spacial score (nSPS) is 23.3. The van der Waals surface area contributed by atoms with Crippen molar-refractivity contribution >= 4 is 12.1 Å². The van der Waals surface area contributed by atoms with Crippen molar-refractivity contribution in [1.82, 2.24) is 5.32 Å². The number of amides is 1. The number of carbonyl (C=O) groups is 2. The van der Waals surface area contributed by atoms with E-state index in [1.54, 1.807) is 0 Å². The standard InChI is InChI=1S/C21H31NO4/c1-20(2,3)26-19(25)22-15-21(14-18(23)24)12-8-7-11-17(21)13-16-9-5-4-6-10-16/h4-6,9-10,17H,7-8,11-15H2,1-3H3,(H,22,25)(H,23,24). The number of carboxylic acid groups (broad SMARTS) is 1. The zero-order chi connectivity index (χ0) is 19.2. The lowest BCUT2D eigenvalue weighted by atomic mass is 9.62. The van der Waals surface area contributed by atoms with Gasteiger partial charge in [0, 0.05) is 12.0 Å². The van der Waals surface area contributed by atoms with Gasteiger partial charge in [-0.25, -0.2) is 4.79 Å². The maximum Gasteiger partial charge on any atom is 0.407 e. The molecule has 2 N–H and O–H groups in total. The van der Waals surface area contributed by atoms with Crippen molar-refractivity contribution in [3.63, 3.8) is 0 Å². The highest BCUT2D eigenvalue weighted by Gasteiger charge is 2.42. The molecule has 1 fully saturated rings. The van der Waals surface area contributed by atoms with Gasteiger partial charge in [0.1, 0.15) is 5.60 Å². The van der Waals surface area contributed by atoms with Crippen molar-refractivity contribution in [3.8, 4) is 0 Å². The summed E-state index contributed by atoms with van der Waals surface area (Å²) >= 11 is 0. The molecule has 26 heavy (non-hydrogen) atoms. The number of carbonyl (C=O) groups excluding carboxylic acids is 1. The van der Waals surface area contributed by atoms with Gasteiger partial charge in [0.15, 0.2) is 0 Å². The van der Waals surface area contributed by atoms with Crippen LogP contribution in [0.1, 0.15) is 58.4 Å². The van der Waals surface area contributed by atoms with E-state index in [1.807, 2.05) is 39.0 Å². The second-order valence-electron chi connectivity index (χ2n) is 8.42. The van der Waals surface area contributed by atoms with Crippen LogP contribution in [-0.2, 0) is 16.0 Å². The van der Waals surface area contributed by atoms with E-state index in [0.29, 0.717) is 6.54 Å². The van der Waals surface area contributed by atoms with Gasteiger partial charge in [-0.05, 0) is 51.5 Å². The predicted octanol–water partition coefficient (Wildman–Crippen LogP) is 4.41. The molecule has 0 spiro atoms. The molecule has 1 amide bonds. The number of benzene rings is 1. The lowest BCUT2D eigenvalue weighted by molar-refractivity contribution is -0.141. The van der Waals surface area contributed by atoms with E-state index >= 15 is 0 Å². The van der Waals surface area contributed by atoms with Crippen LogP contribution in [-0.4, -0.2) is 29.3 Å². The van der Waals surface area contributed by atoms with Gasteiger partial charge in [0.25, 0.3) is 0 Å². The monoisotopic (exact) mass is 361 g/mol. The average molecular weight is 361 g/mol. The SMILES string of the molecule is CC(C)(C)OC(=O)NCC1(CC(=O)O)CCCCC1Cc1ccccc1. The molecule has 1 saturated carbocycles. The van der Waals surface area contributed by atoms with Crippen molar-refractivity contribution in [2.45, 2.75) is 64.9 Å². The summed E-state index contributed by atoms with van der Waals surface area (Å²) in [5.74, 6) is -0.583. The van der Waals surface area contributed by atoms with Crippen LogP contribution in [0.25, 0.3) is 0 Å². The fourth-order valence-corrected chi connectivity index (χ4v) is 3.99. The third-order valence-electron chi connectivity index (χ3n) is 5.16. The highest BCUT2D eigenvalue weighted by atomic mass is 16.6. The van der Waals surface area contributed by atoms with Crippen LogP contribution in [0.5, 0.6) is 0 Å². The minimum absolute atomic E-state index is 0.0697. The van der Waals surface area contributed by atoms with E-state index < -0.39 is 23.1 Å². The zero-order valence-corrected chi connectivity index (χ0v) is 16.1. The summed E-state index contributed by atoms with van der Waals surface area (Å²) in [6.07, 6.45) is 4.32. The number of carboxylic acids is 1. The van der Waals surface area contributed by atoms with Gasteiger partial charge in [-0.15, -0.1) is 0 Å². The second-order valence-corrected chi connectivity index (χ2v) is 8.42. The number of nitrogens with one attached hydrogen (secondary N) is 1. The number of aliphatic carboxylic acids is 1. The first-order chi connectivity index (χ1) is 12.2. The van der Waals surface area contributed by atoms with Gasteiger partial charge in [-0.3, -0.25) is 4.79 Å².